The van der Waals surface area contributed by atoms with E-state index in [1.54, 1.807) is 27.7 Å². The van der Waals surface area contributed by atoms with Gasteiger partial charge < -0.3 is 9.64 Å². The van der Waals surface area contributed by atoms with Crippen molar-refractivity contribution in [3.8, 4) is 0 Å². The topological polar surface area (TPSA) is 46.6 Å². The van der Waals surface area contributed by atoms with Gasteiger partial charge in [-0.1, -0.05) is 20.8 Å². The molecule has 0 radical (unpaired) electrons. The Morgan fingerprint density at radius 2 is 1.68 bits per heavy atom. The van der Waals surface area contributed by atoms with Gasteiger partial charge in [0.2, 0.25) is 5.91 Å². The number of carbonyl (C=O) groups is 2. The molecular weight excluding hydrogens is 263 g/mol. The molecule has 0 bridgehead atoms. The summed E-state index contributed by atoms with van der Waals surface area (Å²) in [4.78, 5) is 24.3. The molecule has 1 amide bonds. The van der Waals surface area contributed by atoms with Gasteiger partial charge in [0.15, 0.2) is 0 Å². The lowest BCUT2D eigenvalue weighted by Gasteiger charge is -2.31. The van der Waals surface area contributed by atoms with Crippen molar-refractivity contribution in [1.29, 1.82) is 0 Å². The number of rotatable bonds is 4. The van der Waals surface area contributed by atoms with Gasteiger partial charge in [0.05, 0.1) is 6.61 Å². The van der Waals surface area contributed by atoms with Gasteiger partial charge >= 0.3 is 12.1 Å². The van der Waals surface area contributed by atoms with Crippen molar-refractivity contribution in [1.82, 2.24) is 4.90 Å². The van der Waals surface area contributed by atoms with Gasteiger partial charge in [0.25, 0.3) is 0 Å². The number of carbonyl (C=O) groups excluding carboxylic acids is 2. The van der Waals surface area contributed by atoms with Crippen LogP contribution in [-0.4, -0.2) is 43.2 Å². The number of esters is 1. The average molecular weight is 283 g/mol. The second-order valence-corrected chi connectivity index (χ2v) is 5.36. The predicted octanol–water partition coefficient (Wildman–Crippen LogP) is 2.23. The van der Waals surface area contributed by atoms with Crippen LogP contribution in [0.1, 0.15) is 27.7 Å². The molecule has 0 saturated heterocycles. The third kappa shape index (κ3) is 5.94. The minimum absolute atomic E-state index is 0.0711. The molecule has 112 valence electrons. The van der Waals surface area contributed by atoms with Gasteiger partial charge in [0.1, 0.15) is 12.5 Å². The number of alkyl halides is 3. The van der Waals surface area contributed by atoms with Gasteiger partial charge in [-0.3, -0.25) is 9.59 Å². The van der Waals surface area contributed by atoms with E-state index >= 15 is 0 Å². The van der Waals surface area contributed by atoms with Crippen LogP contribution in [0.3, 0.4) is 0 Å². The summed E-state index contributed by atoms with van der Waals surface area (Å²) in [6, 6.07) is 0. The lowest BCUT2D eigenvalue weighted by molar-refractivity contribution is -0.171. The Morgan fingerprint density at radius 3 is 2.00 bits per heavy atom. The first-order valence-electron chi connectivity index (χ1n) is 5.88. The average Bonchev–Trinajstić information content (AvgIpc) is 2.12. The molecule has 4 nitrogen and oxygen atoms in total. The van der Waals surface area contributed by atoms with Crippen molar-refractivity contribution in [3.63, 3.8) is 0 Å². The van der Waals surface area contributed by atoms with E-state index in [-0.39, 0.29) is 6.61 Å². The molecule has 0 aliphatic rings. The lowest BCUT2D eigenvalue weighted by Crippen LogP contribution is -2.47. The fourth-order valence-corrected chi connectivity index (χ4v) is 1.62. The maximum absolute atomic E-state index is 12.3. The number of ether oxygens (including phenoxy) is 1. The van der Waals surface area contributed by atoms with Crippen molar-refractivity contribution in [3.05, 3.63) is 0 Å². The molecule has 0 heterocycles. The minimum atomic E-state index is -4.50. The fraction of sp³-hybridized carbons (Fsp3) is 0.833. The zero-order valence-electron chi connectivity index (χ0n) is 11.8. The molecule has 7 heteroatoms. The van der Waals surface area contributed by atoms with Crippen molar-refractivity contribution in [2.24, 2.45) is 11.3 Å². The Balaban J connectivity index is 5.08. The van der Waals surface area contributed by atoms with Crippen molar-refractivity contribution in [2.75, 3.05) is 20.2 Å². The molecule has 0 spiro atoms. The summed E-state index contributed by atoms with van der Waals surface area (Å²) in [6.45, 7) is 5.07. The number of nitrogens with zero attached hydrogens (tertiary/aromatic N) is 1. The first-order chi connectivity index (χ1) is 8.40. The second-order valence-electron chi connectivity index (χ2n) is 5.36. The van der Waals surface area contributed by atoms with E-state index in [1.165, 1.54) is 0 Å². The Bertz CT molecular complexity index is 334. The van der Waals surface area contributed by atoms with E-state index in [9.17, 15) is 22.8 Å². The molecule has 0 rings (SSSR count). The summed E-state index contributed by atoms with van der Waals surface area (Å²) in [7, 11) is 1.02. The van der Waals surface area contributed by atoms with Crippen LogP contribution >= 0.6 is 0 Å². The highest BCUT2D eigenvalue weighted by Crippen LogP contribution is 2.29. The number of hydrogen-bond acceptors (Lipinski definition) is 3. The highest BCUT2D eigenvalue weighted by atomic mass is 19.4. The Hall–Kier alpha value is -1.27. The molecule has 19 heavy (non-hydrogen) atoms. The lowest BCUT2D eigenvalue weighted by atomic mass is 9.80. The standard InChI is InChI=1S/C12H20F3NO3/c1-6-19-10(18)8(11(2,3)4)9(17)16(5)7-12(13,14)15/h8H,6-7H2,1-5H3. The summed E-state index contributed by atoms with van der Waals surface area (Å²) in [5.74, 6) is -2.93. The van der Waals surface area contributed by atoms with Crippen LogP contribution in [0.5, 0.6) is 0 Å². The van der Waals surface area contributed by atoms with Crippen LogP contribution in [0.15, 0.2) is 0 Å². The largest absolute Gasteiger partial charge is 0.465 e. The van der Waals surface area contributed by atoms with Crippen molar-refractivity contribution < 1.29 is 27.5 Å². The maximum atomic E-state index is 12.3. The molecule has 0 N–H and O–H groups in total. The highest BCUT2D eigenvalue weighted by Gasteiger charge is 2.42. The molecule has 0 aliphatic heterocycles. The molecule has 0 aromatic heterocycles. The van der Waals surface area contributed by atoms with Crippen LogP contribution in [0, 0.1) is 11.3 Å². The number of hydrogen-bond donors (Lipinski definition) is 0. The molecule has 0 aromatic rings. The van der Waals surface area contributed by atoms with E-state index in [0.29, 0.717) is 4.90 Å². The van der Waals surface area contributed by atoms with E-state index < -0.39 is 35.9 Å². The Labute approximate surface area is 110 Å². The van der Waals surface area contributed by atoms with E-state index in [2.05, 4.69) is 0 Å². The Morgan fingerprint density at radius 1 is 1.21 bits per heavy atom. The van der Waals surface area contributed by atoms with Crippen molar-refractivity contribution in [2.45, 2.75) is 33.9 Å². The predicted molar refractivity (Wildman–Crippen MR) is 63.3 cm³/mol. The number of amides is 1. The van der Waals surface area contributed by atoms with Gasteiger partial charge in [-0.05, 0) is 12.3 Å². The van der Waals surface area contributed by atoms with Crippen LogP contribution in [0.25, 0.3) is 0 Å². The SMILES string of the molecule is CCOC(=O)C(C(=O)N(C)CC(F)(F)F)C(C)(C)C. The molecule has 1 atom stereocenters. The van der Waals surface area contributed by atoms with E-state index in [0.717, 1.165) is 7.05 Å². The third-order valence-electron chi connectivity index (χ3n) is 2.43. The van der Waals surface area contributed by atoms with Crippen molar-refractivity contribution >= 4 is 11.9 Å². The van der Waals surface area contributed by atoms with Gasteiger partial charge in [0, 0.05) is 7.05 Å². The first kappa shape index (κ1) is 17.7. The van der Waals surface area contributed by atoms with Gasteiger partial charge in [-0.2, -0.15) is 13.2 Å². The summed E-state index contributed by atoms with van der Waals surface area (Å²) in [6.07, 6.45) is -4.50. The fourth-order valence-electron chi connectivity index (χ4n) is 1.62. The second kappa shape index (κ2) is 6.25. The van der Waals surface area contributed by atoms with Crippen LogP contribution in [0.2, 0.25) is 0 Å². The molecule has 0 fully saturated rings. The normalized spacial score (nSPS) is 13.9. The summed E-state index contributed by atoms with van der Waals surface area (Å²) >= 11 is 0. The Kier molecular flexibility index (Phi) is 5.83. The van der Waals surface area contributed by atoms with Gasteiger partial charge in [-0.25, -0.2) is 0 Å². The first-order valence-corrected chi connectivity index (χ1v) is 5.88. The van der Waals surface area contributed by atoms with Gasteiger partial charge in [-0.15, -0.1) is 0 Å². The molecule has 1 unspecified atom stereocenters. The van der Waals surface area contributed by atoms with E-state index in [4.69, 9.17) is 4.74 Å². The molecule has 0 aliphatic carbocycles. The smallest absolute Gasteiger partial charge is 0.406 e. The minimum Gasteiger partial charge on any atom is -0.465 e. The summed E-state index contributed by atoms with van der Waals surface area (Å²) in [5.41, 5.74) is -0.816. The van der Waals surface area contributed by atoms with E-state index in [1.807, 2.05) is 0 Å². The maximum Gasteiger partial charge on any atom is 0.406 e. The monoisotopic (exact) mass is 283 g/mol. The zero-order chi connectivity index (χ0) is 15.4. The van der Waals surface area contributed by atoms with Crippen LogP contribution < -0.4 is 0 Å². The third-order valence-corrected chi connectivity index (χ3v) is 2.43. The summed E-state index contributed by atoms with van der Waals surface area (Å²) < 4.78 is 41.6. The number of halogens is 3. The quantitative estimate of drug-likeness (QED) is 0.587. The summed E-state index contributed by atoms with van der Waals surface area (Å²) in [5, 5.41) is 0. The highest BCUT2D eigenvalue weighted by molar-refractivity contribution is 5.98. The zero-order valence-corrected chi connectivity index (χ0v) is 11.8. The molecule has 0 aromatic carbocycles. The van der Waals surface area contributed by atoms with Crippen LogP contribution in [0.4, 0.5) is 13.2 Å². The molecular formula is C12H20F3NO3. The molecule has 0 saturated carbocycles. The van der Waals surface area contributed by atoms with Crippen LogP contribution in [-0.2, 0) is 14.3 Å².